The molecule has 5 aliphatic heterocycles. The summed E-state index contributed by atoms with van der Waals surface area (Å²) in [5.74, 6) is 0.119. The highest BCUT2D eigenvalue weighted by molar-refractivity contribution is 6.09. The van der Waals surface area contributed by atoms with Crippen molar-refractivity contribution < 1.29 is 19.1 Å². The third-order valence-corrected chi connectivity index (χ3v) is 7.39. The molecule has 8 heteroatoms. The number of imide groups is 1. The highest BCUT2D eigenvalue weighted by atomic mass is 35.5. The van der Waals surface area contributed by atoms with Gasteiger partial charge in [0.1, 0.15) is 6.04 Å². The van der Waals surface area contributed by atoms with E-state index in [0.717, 1.165) is 51.9 Å². The lowest BCUT2D eigenvalue weighted by molar-refractivity contribution is -0.152. The molecular weight excluding hydrogens is 370 g/mol. The van der Waals surface area contributed by atoms with Crippen molar-refractivity contribution >= 4 is 30.1 Å². The van der Waals surface area contributed by atoms with E-state index < -0.39 is 6.04 Å². The van der Waals surface area contributed by atoms with E-state index in [1.165, 1.54) is 4.90 Å². The second kappa shape index (κ2) is 7.01. The van der Waals surface area contributed by atoms with Gasteiger partial charge in [-0.05, 0) is 57.5 Å². The summed E-state index contributed by atoms with van der Waals surface area (Å²) < 4.78 is 5.77. The van der Waals surface area contributed by atoms with Gasteiger partial charge in [0.05, 0.1) is 24.0 Å². The molecule has 1 N–H and O–H groups in total. The maximum Gasteiger partial charge on any atom is 0.245 e. The molecule has 5 aliphatic rings. The van der Waals surface area contributed by atoms with Crippen molar-refractivity contribution in [3.8, 4) is 0 Å². The second-order valence-electron chi connectivity index (χ2n) is 8.65. The summed E-state index contributed by atoms with van der Waals surface area (Å²) >= 11 is 0. The van der Waals surface area contributed by atoms with Crippen LogP contribution in [-0.4, -0.2) is 72.0 Å². The Kier molecular flexibility index (Phi) is 4.97. The fourth-order valence-corrected chi connectivity index (χ4v) is 5.93. The summed E-state index contributed by atoms with van der Waals surface area (Å²) in [7, 11) is 0. The van der Waals surface area contributed by atoms with Crippen LogP contribution in [-0.2, 0) is 19.1 Å². The van der Waals surface area contributed by atoms with Gasteiger partial charge in [-0.25, -0.2) is 0 Å². The first kappa shape index (κ1) is 19.2. The van der Waals surface area contributed by atoms with Gasteiger partial charge < -0.3 is 15.0 Å². The third-order valence-electron chi connectivity index (χ3n) is 7.39. The molecule has 5 heterocycles. The Morgan fingerprint density at radius 1 is 1.00 bits per heavy atom. The van der Waals surface area contributed by atoms with E-state index in [4.69, 9.17) is 4.74 Å². The summed E-state index contributed by atoms with van der Waals surface area (Å²) in [4.78, 5) is 42.0. The predicted octanol–water partition coefficient (Wildman–Crippen LogP) is 0.417. The highest BCUT2D eigenvalue weighted by Crippen LogP contribution is 2.49. The largest absolute Gasteiger partial charge is 0.373 e. The van der Waals surface area contributed by atoms with E-state index in [2.05, 4.69) is 5.32 Å². The molecule has 5 rings (SSSR count). The summed E-state index contributed by atoms with van der Waals surface area (Å²) in [5, 5.41) is 3.44. The van der Waals surface area contributed by atoms with Crippen LogP contribution in [0.2, 0.25) is 0 Å². The molecule has 5 saturated heterocycles. The lowest BCUT2D eigenvalue weighted by Crippen LogP contribution is -2.51. The molecular formula is C19H28ClN3O4. The Balaban J connectivity index is 0.00000180. The molecule has 150 valence electrons. The van der Waals surface area contributed by atoms with Crippen molar-refractivity contribution in [2.45, 2.75) is 50.9 Å². The quantitative estimate of drug-likeness (QED) is 0.683. The first-order valence-electron chi connectivity index (χ1n) is 10.1. The number of nitrogens with zero attached hydrogens (tertiary/aromatic N) is 2. The molecule has 0 aromatic rings. The first-order valence-corrected chi connectivity index (χ1v) is 10.1. The van der Waals surface area contributed by atoms with Gasteiger partial charge in [0, 0.05) is 13.1 Å². The number of carbonyl (C=O) groups is 3. The molecule has 2 bridgehead atoms. The van der Waals surface area contributed by atoms with Crippen LogP contribution in [0.4, 0.5) is 0 Å². The van der Waals surface area contributed by atoms with Crippen LogP contribution < -0.4 is 5.32 Å². The lowest BCUT2D eigenvalue weighted by atomic mass is 9.81. The number of likely N-dealkylation sites (tertiary alicyclic amines) is 2. The Labute approximate surface area is 165 Å². The number of hydrogen-bond donors (Lipinski definition) is 1. The van der Waals surface area contributed by atoms with Crippen LogP contribution >= 0.6 is 12.4 Å². The van der Waals surface area contributed by atoms with E-state index in [1.807, 2.05) is 4.90 Å². The van der Waals surface area contributed by atoms with Crippen molar-refractivity contribution in [1.29, 1.82) is 0 Å². The van der Waals surface area contributed by atoms with Crippen LogP contribution in [0.25, 0.3) is 0 Å². The third kappa shape index (κ3) is 2.81. The number of amides is 3. The smallest absolute Gasteiger partial charge is 0.245 e. The van der Waals surface area contributed by atoms with E-state index in [-0.39, 0.29) is 54.2 Å². The second-order valence-corrected chi connectivity index (χ2v) is 8.65. The molecule has 27 heavy (non-hydrogen) atoms. The van der Waals surface area contributed by atoms with Crippen LogP contribution in [0.3, 0.4) is 0 Å². The average Bonchev–Trinajstić information content (AvgIpc) is 3.38. The summed E-state index contributed by atoms with van der Waals surface area (Å²) in [5.41, 5.74) is 0. The van der Waals surface area contributed by atoms with Crippen LogP contribution in [0.1, 0.15) is 32.6 Å². The number of nitrogens with one attached hydrogen (secondary N) is 1. The number of hydrogen-bond acceptors (Lipinski definition) is 5. The zero-order valence-corrected chi connectivity index (χ0v) is 16.5. The SMILES string of the molecule is CC(C(=O)N1CC[C@@H]2CNC[C@@H]2CC1)N1C(=O)C2C3CCC(O3)C2C1=O.Cl. The first-order chi connectivity index (χ1) is 12.6. The molecule has 5 unspecified atom stereocenters. The molecule has 0 spiro atoms. The van der Waals surface area contributed by atoms with Crippen LogP contribution in [0.5, 0.6) is 0 Å². The molecule has 3 amide bonds. The molecule has 0 aromatic carbocycles. The van der Waals surface area contributed by atoms with Gasteiger partial charge >= 0.3 is 0 Å². The van der Waals surface area contributed by atoms with Crippen LogP contribution in [0.15, 0.2) is 0 Å². The summed E-state index contributed by atoms with van der Waals surface area (Å²) in [6, 6.07) is -0.698. The standard InChI is InChI=1S/C19H27N3O4.ClH/c1-10(17(23)21-6-4-11-8-20-9-12(11)5-7-21)22-18(24)15-13-2-3-14(26-13)16(15)19(22)25;/h10-16,20H,2-9H2,1H3;1H/t10?,11-,12+,13?,14?,15?,16?;. The molecule has 7 nitrogen and oxygen atoms in total. The van der Waals surface area contributed by atoms with Gasteiger partial charge in [-0.15, -0.1) is 12.4 Å². The summed E-state index contributed by atoms with van der Waals surface area (Å²) in [6.07, 6.45) is 3.45. The molecule has 0 saturated carbocycles. The summed E-state index contributed by atoms with van der Waals surface area (Å²) in [6.45, 7) is 5.25. The topological polar surface area (TPSA) is 79.0 Å². The molecule has 5 fully saturated rings. The van der Waals surface area contributed by atoms with E-state index in [9.17, 15) is 14.4 Å². The normalized spacial score (nSPS) is 41.2. The lowest BCUT2D eigenvalue weighted by Gasteiger charge is -2.29. The molecule has 7 atom stereocenters. The minimum absolute atomic E-state index is 0. The zero-order valence-electron chi connectivity index (χ0n) is 15.6. The fourth-order valence-electron chi connectivity index (χ4n) is 5.93. The predicted molar refractivity (Wildman–Crippen MR) is 99.1 cm³/mol. The van der Waals surface area contributed by atoms with E-state index in [1.54, 1.807) is 6.92 Å². The highest BCUT2D eigenvalue weighted by Gasteiger charge is 2.63. The van der Waals surface area contributed by atoms with Crippen LogP contribution in [0, 0.1) is 23.7 Å². The minimum Gasteiger partial charge on any atom is -0.373 e. The van der Waals surface area contributed by atoms with Gasteiger partial charge in [-0.3, -0.25) is 19.3 Å². The number of rotatable bonds is 2. The maximum absolute atomic E-state index is 13.1. The van der Waals surface area contributed by atoms with Gasteiger partial charge in [-0.2, -0.15) is 0 Å². The maximum atomic E-state index is 13.1. The number of halogens is 1. The molecule has 0 aliphatic carbocycles. The van der Waals surface area contributed by atoms with Crippen molar-refractivity contribution in [2.24, 2.45) is 23.7 Å². The van der Waals surface area contributed by atoms with E-state index in [0.29, 0.717) is 11.8 Å². The Morgan fingerprint density at radius 2 is 1.52 bits per heavy atom. The van der Waals surface area contributed by atoms with Crippen molar-refractivity contribution in [3.63, 3.8) is 0 Å². The van der Waals surface area contributed by atoms with Crippen molar-refractivity contribution in [1.82, 2.24) is 15.1 Å². The minimum atomic E-state index is -0.698. The Morgan fingerprint density at radius 3 is 2.04 bits per heavy atom. The van der Waals surface area contributed by atoms with Gasteiger partial charge in [0.25, 0.3) is 0 Å². The van der Waals surface area contributed by atoms with Crippen molar-refractivity contribution in [3.05, 3.63) is 0 Å². The molecule has 0 radical (unpaired) electrons. The average molecular weight is 398 g/mol. The fraction of sp³-hybridized carbons (Fsp3) is 0.842. The number of ether oxygens (including phenoxy) is 1. The number of fused-ring (bicyclic) bond motifs is 6. The van der Waals surface area contributed by atoms with Gasteiger partial charge in [0.15, 0.2) is 0 Å². The number of carbonyl (C=O) groups excluding carboxylic acids is 3. The Hall–Kier alpha value is -1.18. The molecule has 0 aromatic heterocycles. The monoisotopic (exact) mass is 397 g/mol. The Bertz CT molecular complexity index is 617. The van der Waals surface area contributed by atoms with Gasteiger partial charge in [-0.1, -0.05) is 0 Å². The van der Waals surface area contributed by atoms with Gasteiger partial charge in [0.2, 0.25) is 17.7 Å². The zero-order chi connectivity index (χ0) is 18.0. The van der Waals surface area contributed by atoms with E-state index >= 15 is 0 Å². The van der Waals surface area contributed by atoms with Crippen molar-refractivity contribution in [2.75, 3.05) is 26.2 Å².